The van der Waals surface area contributed by atoms with E-state index in [-0.39, 0.29) is 23.9 Å². The van der Waals surface area contributed by atoms with E-state index in [0.29, 0.717) is 22.8 Å². The molecule has 0 bridgehead atoms. The van der Waals surface area contributed by atoms with Crippen molar-refractivity contribution in [3.63, 3.8) is 0 Å². The number of nitrogens with zero attached hydrogens (tertiary/aromatic N) is 3. The predicted molar refractivity (Wildman–Crippen MR) is 106 cm³/mol. The van der Waals surface area contributed by atoms with Gasteiger partial charge >= 0.3 is 6.01 Å². The van der Waals surface area contributed by atoms with Crippen LogP contribution >= 0.6 is 0 Å². The fourth-order valence-electron chi connectivity index (χ4n) is 2.52. The minimum atomic E-state index is -0.395. The highest BCUT2D eigenvalue weighted by atomic mass is 19.1. The largest absolute Gasteiger partial charge is 0.460 e. The Morgan fingerprint density at radius 2 is 1.75 bits per heavy atom. The lowest BCUT2D eigenvalue weighted by Crippen LogP contribution is -2.17. The summed E-state index contributed by atoms with van der Waals surface area (Å²) in [6.45, 7) is 7.40. The highest BCUT2D eigenvalue weighted by molar-refractivity contribution is 5.92. The lowest BCUT2D eigenvalue weighted by molar-refractivity contribution is -0.118. The van der Waals surface area contributed by atoms with Crippen molar-refractivity contribution in [2.45, 2.75) is 33.8 Å². The molecule has 1 amide bonds. The molecule has 3 rings (SSSR count). The minimum Gasteiger partial charge on any atom is -0.460 e. The van der Waals surface area contributed by atoms with Crippen LogP contribution in [0, 0.1) is 11.7 Å². The fourth-order valence-corrected chi connectivity index (χ4v) is 2.52. The third-order valence-corrected chi connectivity index (χ3v) is 3.95. The maximum atomic E-state index is 14.4. The summed E-state index contributed by atoms with van der Waals surface area (Å²) in [6, 6.07) is 13.7. The quantitative estimate of drug-likeness (QED) is 0.684. The Morgan fingerprint density at radius 3 is 2.36 bits per heavy atom. The molecular weight excluding hydrogens is 359 g/mol. The SMILES string of the molecule is CC(C)Oc1nc(-c2ccccc2F)n(-c2ccc(NC(=O)C(C)C)cc2)n1. The number of nitrogens with one attached hydrogen (secondary N) is 1. The number of benzene rings is 2. The number of ether oxygens (including phenoxy) is 1. The van der Waals surface area contributed by atoms with Crippen LogP contribution in [-0.2, 0) is 4.79 Å². The Morgan fingerprint density at radius 1 is 1.07 bits per heavy atom. The second-order valence-corrected chi connectivity index (χ2v) is 6.97. The van der Waals surface area contributed by atoms with Gasteiger partial charge in [-0.05, 0) is 50.2 Å². The van der Waals surface area contributed by atoms with Crippen LogP contribution in [0.5, 0.6) is 6.01 Å². The van der Waals surface area contributed by atoms with Gasteiger partial charge in [0.2, 0.25) is 5.91 Å². The monoisotopic (exact) mass is 382 g/mol. The van der Waals surface area contributed by atoms with E-state index in [1.807, 2.05) is 27.7 Å². The number of carbonyl (C=O) groups is 1. The molecule has 6 nitrogen and oxygen atoms in total. The van der Waals surface area contributed by atoms with Crippen LogP contribution in [0.15, 0.2) is 48.5 Å². The molecule has 0 fully saturated rings. The Bertz CT molecular complexity index is 965. The van der Waals surface area contributed by atoms with Crippen LogP contribution in [0.1, 0.15) is 27.7 Å². The number of anilines is 1. The second-order valence-electron chi connectivity index (χ2n) is 6.97. The molecule has 0 saturated heterocycles. The van der Waals surface area contributed by atoms with Gasteiger partial charge in [0.05, 0.1) is 17.4 Å². The van der Waals surface area contributed by atoms with Crippen molar-refractivity contribution in [3.8, 4) is 23.1 Å². The topological polar surface area (TPSA) is 69.0 Å². The molecule has 0 aliphatic carbocycles. The number of carbonyl (C=O) groups excluding carboxylic acids is 1. The zero-order valence-electron chi connectivity index (χ0n) is 16.3. The van der Waals surface area contributed by atoms with Crippen molar-refractivity contribution in [2.24, 2.45) is 5.92 Å². The van der Waals surface area contributed by atoms with Crippen LogP contribution in [-0.4, -0.2) is 26.8 Å². The van der Waals surface area contributed by atoms with E-state index in [1.165, 1.54) is 10.7 Å². The van der Waals surface area contributed by atoms with Crippen LogP contribution in [0.4, 0.5) is 10.1 Å². The summed E-state index contributed by atoms with van der Waals surface area (Å²) in [4.78, 5) is 16.2. The van der Waals surface area contributed by atoms with E-state index < -0.39 is 5.82 Å². The summed E-state index contributed by atoms with van der Waals surface area (Å²) in [5, 5.41) is 7.22. The molecule has 0 aliphatic rings. The van der Waals surface area contributed by atoms with Gasteiger partial charge in [0.25, 0.3) is 0 Å². The average molecular weight is 382 g/mol. The van der Waals surface area contributed by atoms with E-state index in [9.17, 15) is 9.18 Å². The van der Waals surface area contributed by atoms with E-state index >= 15 is 0 Å². The smallest absolute Gasteiger partial charge is 0.336 e. The third-order valence-electron chi connectivity index (χ3n) is 3.95. The van der Waals surface area contributed by atoms with Gasteiger partial charge in [-0.3, -0.25) is 4.79 Å². The van der Waals surface area contributed by atoms with Crippen molar-refractivity contribution in [1.29, 1.82) is 0 Å². The first-order valence-electron chi connectivity index (χ1n) is 9.15. The summed E-state index contributed by atoms with van der Waals surface area (Å²) in [5.41, 5.74) is 1.67. The molecule has 2 aromatic carbocycles. The van der Waals surface area contributed by atoms with Crippen LogP contribution < -0.4 is 10.1 Å². The highest BCUT2D eigenvalue weighted by Crippen LogP contribution is 2.26. The Labute approximate surface area is 163 Å². The molecule has 3 aromatic rings. The van der Waals surface area contributed by atoms with Crippen molar-refractivity contribution in [3.05, 3.63) is 54.3 Å². The van der Waals surface area contributed by atoms with Gasteiger partial charge in [0, 0.05) is 11.6 Å². The van der Waals surface area contributed by atoms with Gasteiger partial charge in [-0.15, -0.1) is 5.10 Å². The molecule has 7 heteroatoms. The van der Waals surface area contributed by atoms with Crippen molar-refractivity contribution >= 4 is 11.6 Å². The summed E-state index contributed by atoms with van der Waals surface area (Å²) in [6.07, 6.45) is -0.113. The lowest BCUT2D eigenvalue weighted by atomic mass is 10.2. The zero-order chi connectivity index (χ0) is 20.3. The van der Waals surface area contributed by atoms with Gasteiger partial charge in [-0.1, -0.05) is 26.0 Å². The molecule has 28 heavy (non-hydrogen) atoms. The normalized spacial score (nSPS) is 11.1. The predicted octanol–water partition coefficient (Wildman–Crippen LogP) is 4.46. The van der Waals surface area contributed by atoms with Crippen molar-refractivity contribution in [2.75, 3.05) is 5.32 Å². The lowest BCUT2D eigenvalue weighted by Gasteiger charge is -2.10. The number of halogens is 1. The average Bonchev–Trinajstić information content (AvgIpc) is 3.05. The van der Waals surface area contributed by atoms with E-state index in [4.69, 9.17) is 4.74 Å². The number of hydrogen-bond donors (Lipinski definition) is 1. The van der Waals surface area contributed by atoms with Gasteiger partial charge < -0.3 is 10.1 Å². The maximum Gasteiger partial charge on any atom is 0.336 e. The molecule has 0 atom stereocenters. The number of aromatic nitrogens is 3. The first-order valence-corrected chi connectivity index (χ1v) is 9.15. The Hall–Kier alpha value is -3.22. The van der Waals surface area contributed by atoms with Crippen LogP contribution in [0.25, 0.3) is 17.1 Å². The first-order chi connectivity index (χ1) is 13.3. The summed E-state index contributed by atoms with van der Waals surface area (Å²) in [7, 11) is 0. The second kappa shape index (κ2) is 8.21. The fraction of sp³-hybridized carbons (Fsp3) is 0.286. The minimum absolute atomic E-state index is 0.0619. The van der Waals surface area contributed by atoms with E-state index in [2.05, 4.69) is 15.4 Å². The maximum absolute atomic E-state index is 14.4. The van der Waals surface area contributed by atoms with Gasteiger partial charge in [-0.2, -0.15) is 4.98 Å². The highest BCUT2D eigenvalue weighted by Gasteiger charge is 2.18. The summed E-state index contributed by atoms with van der Waals surface area (Å²) >= 11 is 0. The molecule has 0 unspecified atom stereocenters. The Balaban J connectivity index is 1.99. The van der Waals surface area contributed by atoms with Crippen molar-refractivity contribution in [1.82, 2.24) is 14.8 Å². The Kier molecular flexibility index (Phi) is 5.73. The number of rotatable bonds is 6. The molecule has 0 radical (unpaired) electrons. The number of hydrogen-bond acceptors (Lipinski definition) is 4. The molecule has 0 saturated carbocycles. The van der Waals surface area contributed by atoms with E-state index in [0.717, 1.165) is 0 Å². The first kappa shape index (κ1) is 19.5. The summed E-state index contributed by atoms with van der Waals surface area (Å²) < 4.78 is 21.5. The standard InChI is InChI=1S/C21H23FN4O2/c1-13(2)20(27)23-15-9-11-16(12-10-15)26-19(17-7-5-6-8-18(17)22)24-21(25-26)28-14(3)4/h5-14H,1-4H3,(H,23,27). The third kappa shape index (κ3) is 4.36. The van der Waals surface area contributed by atoms with Crippen LogP contribution in [0.3, 0.4) is 0 Å². The molecule has 1 heterocycles. The molecule has 1 aromatic heterocycles. The zero-order valence-corrected chi connectivity index (χ0v) is 16.3. The van der Waals surface area contributed by atoms with Gasteiger partial charge in [0.1, 0.15) is 5.82 Å². The molecular formula is C21H23FN4O2. The van der Waals surface area contributed by atoms with E-state index in [1.54, 1.807) is 42.5 Å². The molecule has 0 aliphatic heterocycles. The van der Waals surface area contributed by atoms with Crippen molar-refractivity contribution < 1.29 is 13.9 Å². The molecule has 1 N–H and O–H groups in total. The van der Waals surface area contributed by atoms with Gasteiger partial charge in [0.15, 0.2) is 5.82 Å². The van der Waals surface area contributed by atoms with Gasteiger partial charge in [-0.25, -0.2) is 9.07 Å². The molecule has 146 valence electrons. The number of amides is 1. The van der Waals surface area contributed by atoms with Crippen LogP contribution in [0.2, 0.25) is 0 Å². The molecule has 0 spiro atoms. The summed E-state index contributed by atoms with van der Waals surface area (Å²) in [5.74, 6) is -0.229.